The van der Waals surface area contributed by atoms with Crippen LogP contribution in [0.4, 0.5) is 0 Å². The summed E-state index contributed by atoms with van der Waals surface area (Å²) in [7, 11) is 1.98. The molecule has 2 atom stereocenters. The fourth-order valence-corrected chi connectivity index (χ4v) is 3.24. The number of hydrogen-bond acceptors (Lipinski definition) is 4. The Hall–Kier alpha value is -0.910. The average molecular weight is 357 g/mol. The minimum atomic E-state index is 0.317. The van der Waals surface area contributed by atoms with Crippen molar-refractivity contribution in [3.8, 4) is 11.4 Å². The van der Waals surface area contributed by atoms with Crippen molar-refractivity contribution in [3.05, 3.63) is 33.6 Å². The van der Waals surface area contributed by atoms with Crippen LogP contribution in [0.25, 0.3) is 11.4 Å². The maximum Gasteiger partial charge on any atom is 0.231 e. The van der Waals surface area contributed by atoms with Gasteiger partial charge in [-0.05, 0) is 54.0 Å². The standard InChI is InChI=1S/C14H15BrClN3O/c1-17-12-4-2-3-9(12)14-18-13(19-20-14)8-5-6-11(16)10(15)7-8/h5-7,9,12,17H,2-4H2,1H3. The molecule has 2 unspecified atom stereocenters. The van der Waals surface area contributed by atoms with Crippen molar-refractivity contribution in [2.75, 3.05) is 7.05 Å². The van der Waals surface area contributed by atoms with Gasteiger partial charge in [0.2, 0.25) is 11.7 Å². The minimum Gasteiger partial charge on any atom is -0.339 e. The Morgan fingerprint density at radius 3 is 3.00 bits per heavy atom. The van der Waals surface area contributed by atoms with Crippen molar-refractivity contribution in [2.45, 2.75) is 31.2 Å². The van der Waals surface area contributed by atoms with Gasteiger partial charge in [-0.1, -0.05) is 23.2 Å². The lowest BCUT2D eigenvalue weighted by Gasteiger charge is -2.14. The fraction of sp³-hybridized carbons (Fsp3) is 0.429. The maximum absolute atomic E-state index is 6.00. The Balaban J connectivity index is 1.88. The van der Waals surface area contributed by atoms with Crippen LogP contribution in [-0.4, -0.2) is 23.2 Å². The summed E-state index contributed by atoms with van der Waals surface area (Å²) in [4.78, 5) is 4.55. The van der Waals surface area contributed by atoms with E-state index in [1.165, 1.54) is 6.42 Å². The SMILES string of the molecule is CNC1CCCC1c1nc(-c2ccc(Cl)c(Br)c2)no1. The summed E-state index contributed by atoms with van der Waals surface area (Å²) in [6.45, 7) is 0. The van der Waals surface area contributed by atoms with E-state index in [1.54, 1.807) is 0 Å². The summed E-state index contributed by atoms with van der Waals surface area (Å²) >= 11 is 9.40. The molecule has 0 bridgehead atoms. The predicted molar refractivity (Wildman–Crippen MR) is 81.9 cm³/mol. The van der Waals surface area contributed by atoms with Crippen LogP contribution in [0.2, 0.25) is 5.02 Å². The molecule has 4 nitrogen and oxygen atoms in total. The van der Waals surface area contributed by atoms with E-state index >= 15 is 0 Å². The number of benzene rings is 1. The lowest BCUT2D eigenvalue weighted by molar-refractivity contribution is 0.335. The first-order valence-electron chi connectivity index (χ1n) is 6.65. The van der Waals surface area contributed by atoms with Crippen LogP contribution in [0.5, 0.6) is 0 Å². The normalized spacial score (nSPS) is 22.4. The van der Waals surface area contributed by atoms with Crippen LogP contribution in [0.1, 0.15) is 31.1 Å². The lowest BCUT2D eigenvalue weighted by atomic mass is 10.0. The number of likely N-dealkylation sites (N-methyl/N-ethyl adjacent to an activating group) is 1. The molecule has 0 spiro atoms. The molecular formula is C14H15BrClN3O. The van der Waals surface area contributed by atoms with E-state index < -0.39 is 0 Å². The summed E-state index contributed by atoms with van der Waals surface area (Å²) in [6, 6.07) is 6.05. The zero-order chi connectivity index (χ0) is 14.1. The Morgan fingerprint density at radius 2 is 2.25 bits per heavy atom. The summed E-state index contributed by atoms with van der Waals surface area (Å²) in [5.41, 5.74) is 0.898. The molecule has 0 radical (unpaired) electrons. The molecule has 1 aliphatic rings. The number of rotatable bonds is 3. The molecular weight excluding hydrogens is 342 g/mol. The molecule has 6 heteroatoms. The smallest absolute Gasteiger partial charge is 0.231 e. The molecule has 106 valence electrons. The second kappa shape index (κ2) is 5.84. The van der Waals surface area contributed by atoms with E-state index in [-0.39, 0.29) is 0 Å². The van der Waals surface area contributed by atoms with Crippen LogP contribution >= 0.6 is 27.5 Å². The molecule has 1 aromatic carbocycles. The number of nitrogens with one attached hydrogen (secondary N) is 1. The molecule has 1 heterocycles. The van der Waals surface area contributed by atoms with Crippen molar-refractivity contribution in [1.29, 1.82) is 0 Å². The van der Waals surface area contributed by atoms with Crippen LogP contribution in [0.3, 0.4) is 0 Å². The summed E-state index contributed by atoms with van der Waals surface area (Å²) in [5, 5.41) is 8.09. The summed E-state index contributed by atoms with van der Waals surface area (Å²) < 4.78 is 6.29. The highest BCUT2D eigenvalue weighted by Crippen LogP contribution is 2.35. The van der Waals surface area contributed by atoms with Crippen molar-refractivity contribution < 1.29 is 4.52 Å². The molecule has 1 aliphatic carbocycles. The van der Waals surface area contributed by atoms with Gasteiger partial charge >= 0.3 is 0 Å². The second-order valence-corrected chi connectivity index (χ2v) is 6.28. The molecule has 1 aromatic heterocycles. The Morgan fingerprint density at radius 1 is 1.40 bits per heavy atom. The van der Waals surface area contributed by atoms with E-state index in [4.69, 9.17) is 16.1 Å². The first-order chi connectivity index (χ1) is 9.69. The summed E-state index contributed by atoms with van der Waals surface area (Å²) in [5.74, 6) is 1.65. The lowest BCUT2D eigenvalue weighted by Crippen LogP contribution is -2.27. The van der Waals surface area contributed by atoms with Crippen LogP contribution in [0.15, 0.2) is 27.2 Å². The van der Waals surface area contributed by atoms with E-state index in [1.807, 2.05) is 25.2 Å². The molecule has 0 aliphatic heterocycles. The number of halogens is 2. The predicted octanol–water partition coefficient (Wildman–Crippen LogP) is 4.01. The van der Waals surface area contributed by atoms with E-state index in [2.05, 4.69) is 31.4 Å². The molecule has 3 rings (SSSR count). The van der Waals surface area contributed by atoms with Gasteiger partial charge < -0.3 is 9.84 Å². The zero-order valence-corrected chi connectivity index (χ0v) is 13.4. The zero-order valence-electron chi connectivity index (χ0n) is 11.1. The Kier molecular flexibility index (Phi) is 4.10. The summed E-state index contributed by atoms with van der Waals surface area (Å²) in [6.07, 6.45) is 3.45. The highest BCUT2D eigenvalue weighted by Gasteiger charge is 2.31. The Bertz CT molecular complexity index is 616. The first-order valence-corrected chi connectivity index (χ1v) is 7.82. The largest absolute Gasteiger partial charge is 0.339 e. The number of aromatic nitrogens is 2. The van der Waals surface area contributed by atoms with Gasteiger partial charge in [-0.3, -0.25) is 0 Å². The molecule has 0 amide bonds. The van der Waals surface area contributed by atoms with E-state index in [0.29, 0.717) is 22.8 Å². The average Bonchev–Trinajstić information content (AvgIpc) is 3.09. The first kappa shape index (κ1) is 14.0. The topological polar surface area (TPSA) is 51.0 Å². The van der Waals surface area contributed by atoms with Gasteiger partial charge in [0.1, 0.15) is 0 Å². The third kappa shape index (κ3) is 2.62. The van der Waals surface area contributed by atoms with Gasteiger partial charge in [0.25, 0.3) is 0 Å². The van der Waals surface area contributed by atoms with Gasteiger partial charge in [-0.25, -0.2) is 0 Å². The van der Waals surface area contributed by atoms with Crippen molar-refractivity contribution in [1.82, 2.24) is 15.5 Å². The molecule has 20 heavy (non-hydrogen) atoms. The maximum atomic E-state index is 6.00. The van der Waals surface area contributed by atoms with Gasteiger partial charge in [-0.15, -0.1) is 0 Å². The van der Waals surface area contributed by atoms with Crippen molar-refractivity contribution in [3.63, 3.8) is 0 Å². The third-order valence-corrected chi connectivity index (χ3v) is 5.04. The third-order valence-electron chi connectivity index (χ3n) is 3.82. The van der Waals surface area contributed by atoms with Crippen molar-refractivity contribution >= 4 is 27.5 Å². The minimum absolute atomic E-state index is 0.317. The van der Waals surface area contributed by atoms with E-state index in [0.717, 1.165) is 28.8 Å². The van der Waals surface area contributed by atoms with Crippen LogP contribution in [0, 0.1) is 0 Å². The highest BCUT2D eigenvalue weighted by molar-refractivity contribution is 9.10. The number of nitrogens with zero attached hydrogens (tertiary/aromatic N) is 2. The van der Waals surface area contributed by atoms with Crippen molar-refractivity contribution in [2.24, 2.45) is 0 Å². The van der Waals surface area contributed by atoms with Gasteiger partial charge in [-0.2, -0.15) is 4.98 Å². The Labute approximate surface area is 131 Å². The molecule has 1 N–H and O–H groups in total. The monoisotopic (exact) mass is 355 g/mol. The molecule has 1 saturated carbocycles. The molecule has 1 fully saturated rings. The van der Waals surface area contributed by atoms with Crippen LogP contribution < -0.4 is 5.32 Å². The van der Waals surface area contributed by atoms with Gasteiger partial charge in [0.05, 0.1) is 10.9 Å². The molecule has 0 saturated heterocycles. The number of hydrogen-bond donors (Lipinski definition) is 1. The molecule has 2 aromatic rings. The van der Waals surface area contributed by atoms with Crippen LogP contribution in [-0.2, 0) is 0 Å². The second-order valence-electron chi connectivity index (χ2n) is 5.02. The highest BCUT2D eigenvalue weighted by atomic mass is 79.9. The van der Waals surface area contributed by atoms with Gasteiger partial charge in [0, 0.05) is 16.1 Å². The van der Waals surface area contributed by atoms with E-state index in [9.17, 15) is 0 Å². The van der Waals surface area contributed by atoms with Gasteiger partial charge in [0.15, 0.2) is 0 Å². The quantitative estimate of drug-likeness (QED) is 0.903. The fourth-order valence-electron chi connectivity index (χ4n) is 2.74.